The number of alkyl halides is 6. The van der Waals surface area contributed by atoms with Crippen LogP contribution < -0.4 is 0 Å². The van der Waals surface area contributed by atoms with Crippen LogP contribution in [0.15, 0.2) is 48.8 Å². The molecule has 0 aromatic carbocycles. The Morgan fingerprint density at radius 3 is 1.96 bits per heavy atom. The van der Waals surface area contributed by atoms with Gasteiger partial charge in [-0.2, -0.15) is 26.3 Å². The van der Waals surface area contributed by atoms with Crippen LogP contribution in [0, 0.1) is 0 Å². The summed E-state index contributed by atoms with van der Waals surface area (Å²) >= 11 is 0. The third-order valence-electron chi connectivity index (χ3n) is 3.26. The predicted octanol–water partition coefficient (Wildman–Crippen LogP) is 4.64. The molecule has 0 amide bonds. The second-order valence-electron chi connectivity index (χ2n) is 5.10. The molecule has 0 saturated carbocycles. The van der Waals surface area contributed by atoms with Gasteiger partial charge < -0.3 is 0 Å². The van der Waals surface area contributed by atoms with Gasteiger partial charge >= 0.3 is 12.4 Å². The first-order valence-electron chi connectivity index (χ1n) is 7.06. The van der Waals surface area contributed by atoms with E-state index in [0.717, 1.165) is 12.3 Å². The summed E-state index contributed by atoms with van der Waals surface area (Å²) in [5, 5.41) is 0. The second kappa shape index (κ2) is 6.36. The van der Waals surface area contributed by atoms with Crippen molar-refractivity contribution in [3.05, 3.63) is 60.2 Å². The van der Waals surface area contributed by atoms with Crippen molar-refractivity contribution in [2.75, 3.05) is 0 Å². The number of rotatable bonds is 2. The Morgan fingerprint density at radius 1 is 0.692 bits per heavy atom. The van der Waals surface area contributed by atoms with Crippen molar-refractivity contribution < 1.29 is 26.3 Å². The number of halogens is 6. The topological polar surface area (TPSA) is 51.6 Å². The molecule has 0 spiro atoms. The molecule has 10 heteroatoms. The quantitative estimate of drug-likeness (QED) is 0.617. The smallest absolute Gasteiger partial charge is 0.253 e. The van der Waals surface area contributed by atoms with E-state index in [-0.39, 0.29) is 22.8 Å². The first kappa shape index (κ1) is 17.8. The van der Waals surface area contributed by atoms with Crippen molar-refractivity contribution in [2.45, 2.75) is 12.4 Å². The van der Waals surface area contributed by atoms with E-state index in [2.05, 4.69) is 19.9 Å². The van der Waals surface area contributed by atoms with Gasteiger partial charge in [-0.05, 0) is 30.3 Å². The molecule has 0 radical (unpaired) electrons. The van der Waals surface area contributed by atoms with Gasteiger partial charge in [0, 0.05) is 18.0 Å². The summed E-state index contributed by atoms with van der Waals surface area (Å²) in [6, 6.07) is 6.86. The lowest BCUT2D eigenvalue weighted by Crippen LogP contribution is -2.11. The minimum absolute atomic E-state index is 0.0110. The zero-order valence-electron chi connectivity index (χ0n) is 12.7. The van der Waals surface area contributed by atoms with E-state index >= 15 is 0 Å². The van der Waals surface area contributed by atoms with Gasteiger partial charge in [-0.25, -0.2) is 9.97 Å². The van der Waals surface area contributed by atoms with Gasteiger partial charge in [-0.15, -0.1) is 0 Å². The maximum atomic E-state index is 13.1. The molecule has 0 aliphatic heterocycles. The third-order valence-corrected chi connectivity index (χ3v) is 3.26. The number of aromatic nitrogens is 4. The maximum absolute atomic E-state index is 13.1. The molecule has 0 saturated heterocycles. The summed E-state index contributed by atoms with van der Waals surface area (Å²) < 4.78 is 77.1. The van der Waals surface area contributed by atoms with Crippen LogP contribution in [0.25, 0.3) is 22.8 Å². The number of nitrogens with zero attached hydrogens (tertiary/aromatic N) is 4. The fourth-order valence-electron chi connectivity index (χ4n) is 2.06. The van der Waals surface area contributed by atoms with Gasteiger partial charge in [0.15, 0.2) is 5.82 Å². The van der Waals surface area contributed by atoms with Crippen LogP contribution in [0.1, 0.15) is 11.4 Å². The lowest BCUT2D eigenvalue weighted by Gasteiger charge is -2.11. The standard InChI is InChI=1S/C16H8F6N4/c17-15(18,19)12-5-4-9(8-24-12)11-7-13(16(20,21)22)26-14(25-11)10-3-1-2-6-23-10/h1-8H. The van der Waals surface area contributed by atoms with Gasteiger partial charge in [-0.1, -0.05) is 6.07 Å². The van der Waals surface area contributed by atoms with Crippen LogP contribution in [0.5, 0.6) is 0 Å². The lowest BCUT2D eigenvalue weighted by molar-refractivity contribution is -0.141. The minimum atomic E-state index is -4.76. The van der Waals surface area contributed by atoms with Crippen molar-refractivity contribution in [1.29, 1.82) is 0 Å². The Labute approximate surface area is 142 Å². The van der Waals surface area contributed by atoms with E-state index in [1.54, 1.807) is 12.1 Å². The zero-order chi connectivity index (χ0) is 18.9. The second-order valence-corrected chi connectivity index (χ2v) is 5.10. The molecule has 0 fully saturated rings. The molecule has 26 heavy (non-hydrogen) atoms. The number of hydrogen-bond acceptors (Lipinski definition) is 4. The molecular formula is C16H8F6N4. The number of hydrogen-bond donors (Lipinski definition) is 0. The van der Waals surface area contributed by atoms with Crippen molar-refractivity contribution in [1.82, 2.24) is 19.9 Å². The Kier molecular flexibility index (Phi) is 4.34. The molecule has 0 aliphatic rings. The molecule has 0 unspecified atom stereocenters. The summed E-state index contributed by atoms with van der Waals surface area (Å²) in [5.41, 5.74) is -2.52. The first-order chi connectivity index (χ1) is 12.1. The molecule has 134 valence electrons. The molecule has 3 heterocycles. The Morgan fingerprint density at radius 2 is 1.42 bits per heavy atom. The fraction of sp³-hybridized carbons (Fsp3) is 0.125. The molecule has 3 aromatic heterocycles. The van der Waals surface area contributed by atoms with Crippen LogP contribution in [0.3, 0.4) is 0 Å². The van der Waals surface area contributed by atoms with Gasteiger partial charge in [0.05, 0.1) is 5.69 Å². The van der Waals surface area contributed by atoms with Crippen molar-refractivity contribution in [3.8, 4) is 22.8 Å². The van der Waals surface area contributed by atoms with Crippen LogP contribution >= 0.6 is 0 Å². The van der Waals surface area contributed by atoms with E-state index in [0.29, 0.717) is 12.1 Å². The average Bonchev–Trinajstić information content (AvgIpc) is 2.61. The highest BCUT2D eigenvalue weighted by molar-refractivity contribution is 5.62. The molecule has 0 aliphatic carbocycles. The summed E-state index contributed by atoms with van der Waals surface area (Å²) in [7, 11) is 0. The highest BCUT2D eigenvalue weighted by Crippen LogP contribution is 2.33. The van der Waals surface area contributed by atoms with Gasteiger partial charge in [-0.3, -0.25) is 9.97 Å². The van der Waals surface area contributed by atoms with Crippen molar-refractivity contribution in [3.63, 3.8) is 0 Å². The van der Waals surface area contributed by atoms with Crippen LogP contribution in [0.4, 0.5) is 26.3 Å². The highest BCUT2D eigenvalue weighted by atomic mass is 19.4. The van der Waals surface area contributed by atoms with Crippen molar-refractivity contribution >= 4 is 0 Å². The molecule has 0 atom stereocenters. The zero-order valence-corrected chi connectivity index (χ0v) is 12.7. The molecular weight excluding hydrogens is 362 g/mol. The van der Waals surface area contributed by atoms with Crippen LogP contribution in [-0.4, -0.2) is 19.9 Å². The third kappa shape index (κ3) is 3.79. The SMILES string of the molecule is FC(F)(F)c1ccc(-c2cc(C(F)(F)F)nc(-c3ccccn3)n2)cn1. The summed E-state index contributed by atoms with van der Waals surface area (Å²) in [6.45, 7) is 0. The molecule has 0 bridgehead atoms. The highest BCUT2D eigenvalue weighted by Gasteiger charge is 2.35. The van der Waals surface area contributed by atoms with Gasteiger partial charge in [0.1, 0.15) is 17.1 Å². The van der Waals surface area contributed by atoms with E-state index in [1.807, 2.05) is 0 Å². The maximum Gasteiger partial charge on any atom is 0.433 e. The Hall–Kier alpha value is -3.04. The monoisotopic (exact) mass is 370 g/mol. The number of pyridine rings is 2. The van der Waals surface area contributed by atoms with Gasteiger partial charge in [0.2, 0.25) is 0 Å². The Bertz CT molecular complexity index is 905. The van der Waals surface area contributed by atoms with E-state index in [9.17, 15) is 26.3 Å². The first-order valence-corrected chi connectivity index (χ1v) is 7.06. The molecule has 4 nitrogen and oxygen atoms in total. The van der Waals surface area contributed by atoms with Crippen molar-refractivity contribution in [2.24, 2.45) is 0 Å². The van der Waals surface area contributed by atoms with E-state index < -0.39 is 23.7 Å². The lowest BCUT2D eigenvalue weighted by atomic mass is 10.1. The van der Waals surface area contributed by atoms with Crippen LogP contribution in [-0.2, 0) is 12.4 Å². The summed E-state index contributed by atoms with van der Waals surface area (Å²) in [5.74, 6) is -0.296. The molecule has 3 aromatic rings. The minimum Gasteiger partial charge on any atom is -0.253 e. The van der Waals surface area contributed by atoms with Gasteiger partial charge in [0.25, 0.3) is 0 Å². The van der Waals surface area contributed by atoms with E-state index in [1.165, 1.54) is 12.3 Å². The average molecular weight is 370 g/mol. The largest absolute Gasteiger partial charge is 0.433 e. The van der Waals surface area contributed by atoms with E-state index in [4.69, 9.17) is 0 Å². The van der Waals surface area contributed by atoms with Crippen LogP contribution in [0.2, 0.25) is 0 Å². The predicted molar refractivity (Wildman–Crippen MR) is 78.5 cm³/mol. The fourth-order valence-corrected chi connectivity index (χ4v) is 2.06. The summed E-state index contributed by atoms with van der Waals surface area (Å²) in [4.78, 5) is 14.6. The normalized spacial score (nSPS) is 12.2. The summed E-state index contributed by atoms with van der Waals surface area (Å²) in [6.07, 6.45) is -7.24. The molecule has 0 N–H and O–H groups in total. The Balaban J connectivity index is 2.12. The molecule has 3 rings (SSSR count).